The predicted molar refractivity (Wildman–Crippen MR) is 103 cm³/mol. The van der Waals surface area contributed by atoms with E-state index in [-0.39, 0.29) is 24.2 Å². The number of benzene rings is 1. The molecule has 0 radical (unpaired) electrons. The molecule has 0 unspecified atom stereocenters. The molecule has 1 aromatic carbocycles. The molecule has 140 valence electrons. The average Bonchev–Trinajstić information content (AvgIpc) is 3.28. The van der Waals surface area contributed by atoms with Gasteiger partial charge in [0, 0.05) is 18.0 Å². The number of hydrogen-bond acceptors (Lipinski definition) is 5. The molecule has 2 aromatic rings. The van der Waals surface area contributed by atoms with Gasteiger partial charge < -0.3 is 15.5 Å². The van der Waals surface area contributed by atoms with Gasteiger partial charge in [-0.05, 0) is 44.5 Å². The quantitative estimate of drug-likeness (QED) is 0.740. The van der Waals surface area contributed by atoms with E-state index >= 15 is 0 Å². The van der Waals surface area contributed by atoms with Crippen LogP contribution in [-0.2, 0) is 11.2 Å². The molecular weight excluding hydrogens is 351 g/mol. The number of nitrogens with zero attached hydrogens (tertiary/aromatic N) is 2. The van der Waals surface area contributed by atoms with Crippen molar-refractivity contribution in [2.24, 2.45) is 0 Å². The number of likely N-dealkylation sites (tertiary alicyclic amines) is 1. The van der Waals surface area contributed by atoms with Crippen molar-refractivity contribution in [3.05, 3.63) is 41.2 Å². The monoisotopic (exact) mass is 376 g/mol. The third-order valence-corrected chi connectivity index (χ3v) is 5.35. The van der Waals surface area contributed by atoms with Crippen LogP contribution in [-0.4, -0.2) is 41.5 Å². The van der Waals surface area contributed by atoms with Gasteiger partial charge in [-0.2, -0.15) is 0 Å². The van der Waals surface area contributed by atoms with Crippen LogP contribution in [0.15, 0.2) is 29.6 Å². The van der Waals surface area contributed by atoms with E-state index in [1.54, 1.807) is 18.2 Å². The van der Waals surface area contributed by atoms with Crippen LogP contribution >= 0.6 is 11.3 Å². The molecule has 0 spiro atoms. The van der Waals surface area contributed by atoms with E-state index in [9.17, 15) is 9.18 Å². The topological polar surface area (TPSA) is 57.3 Å². The van der Waals surface area contributed by atoms with Gasteiger partial charge in [-0.25, -0.2) is 9.37 Å². The van der Waals surface area contributed by atoms with Crippen LogP contribution in [0.25, 0.3) is 0 Å². The van der Waals surface area contributed by atoms with E-state index in [1.165, 1.54) is 30.2 Å². The van der Waals surface area contributed by atoms with Gasteiger partial charge in [0.05, 0.1) is 17.8 Å². The minimum absolute atomic E-state index is 0.0150. The average molecular weight is 377 g/mol. The number of para-hydroxylation sites is 1. The number of anilines is 2. The van der Waals surface area contributed by atoms with Crippen molar-refractivity contribution in [2.75, 3.05) is 25.0 Å². The molecule has 1 saturated heterocycles. The second-order valence-corrected chi connectivity index (χ2v) is 7.46. The molecule has 5 nitrogen and oxygen atoms in total. The molecule has 2 N–H and O–H groups in total. The van der Waals surface area contributed by atoms with Crippen LogP contribution < -0.4 is 10.6 Å². The molecule has 1 aliphatic rings. The first kappa shape index (κ1) is 18.8. The standard InChI is InChI=1S/C19H25FN4OS/c1-2-14(12-24-9-5-6-10-24)21-18(25)11-15-13-26-19(22-15)23-17-8-4-3-7-16(17)20/h3-4,7-8,13-14H,2,5-6,9-12H2,1H3,(H,21,25)(H,22,23)/t14-/m0/s1. The number of nitrogens with one attached hydrogen (secondary N) is 2. The molecule has 1 aromatic heterocycles. The van der Waals surface area contributed by atoms with Crippen LogP contribution in [0.4, 0.5) is 15.2 Å². The van der Waals surface area contributed by atoms with Crippen LogP contribution in [0.1, 0.15) is 31.9 Å². The predicted octanol–water partition coefficient (Wildman–Crippen LogP) is 3.56. The van der Waals surface area contributed by atoms with E-state index in [2.05, 4.69) is 27.4 Å². The van der Waals surface area contributed by atoms with Crippen LogP contribution in [0.3, 0.4) is 0 Å². The zero-order valence-electron chi connectivity index (χ0n) is 15.0. The number of halogens is 1. The third-order valence-electron chi connectivity index (χ3n) is 4.54. The lowest BCUT2D eigenvalue weighted by Gasteiger charge is -2.23. The fourth-order valence-corrected chi connectivity index (χ4v) is 3.84. The summed E-state index contributed by atoms with van der Waals surface area (Å²) >= 11 is 1.37. The highest BCUT2D eigenvalue weighted by atomic mass is 32.1. The molecule has 3 rings (SSSR count). The van der Waals surface area contributed by atoms with Gasteiger partial charge in [-0.1, -0.05) is 19.1 Å². The van der Waals surface area contributed by atoms with Gasteiger partial charge in [0.25, 0.3) is 0 Å². The van der Waals surface area contributed by atoms with Crippen molar-refractivity contribution in [1.82, 2.24) is 15.2 Å². The van der Waals surface area contributed by atoms with Gasteiger partial charge in [0.15, 0.2) is 5.13 Å². The Morgan fingerprint density at radius 2 is 2.12 bits per heavy atom. The van der Waals surface area contributed by atoms with E-state index in [0.717, 1.165) is 26.1 Å². The molecule has 1 atom stereocenters. The van der Waals surface area contributed by atoms with Crippen molar-refractivity contribution in [1.29, 1.82) is 0 Å². The van der Waals surface area contributed by atoms with Gasteiger partial charge in [-0.3, -0.25) is 4.79 Å². The number of thiazole rings is 1. The maximum atomic E-state index is 13.7. The fraction of sp³-hybridized carbons (Fsp3) is 0.474. The molecular formula is C19H25FN4OS. The van der Waals surface area contributed by atoms with E-state index < -0.39 is 0 Å². The van der Waals surface area contributed by atoms with Crippen LogP contribution in [0.5, 0.6) is 0 Å². The minimum Gasteiger partial charge on any atom is -0.352 e. The highest BCUT2D eigenvalue weighted by molar-refractivity contribution is 7.13. The minimum atomic E-state index is -0.324. The Kier molecular flexibility index (Phi) is 6.57. The summed E-state index contributed by atoms with van der Waals surface area (Å²) in [6, 6.07) is 6.64. The smallest absolute Gasteiger partial charge is 0.226 e. The summed E-state index contributed by atoms with van der Waals surface area (Å²) in [7, 11) is 0. The number of aromatic nitrogens is 1. The highest BCUT2D eigenvalue weighted by Crippen LogP contribution is 2.23. The first-order chi connectivity index (χ1) is 12.6. The Hall–Kier alpha value is -1.99. The number of rotatable bonds is 8. The first-order valence-corrected chi connectivity index (χ1v) is 9.99. The molecule has 0 saturated carbocycles. The maximum Gasteiger partial charge on any atom is 0.226 e. The van der Waals surface area contributed by atoms with Gasteiger partial charge in [0.1, 0.15) is 5.82 Å². The molecule has 2 heterocycles. The van der Waals surface area contributed by atoms with E-state index in [4.69, 9.17) is 0 Å². The Morgan fingerprint density at radius 1 is 1.35 bits per heavy atom. The summed E-state index contributed by atoms with van der Waals surface area (Å²) in [5.74, 6) is -0.339. The zero-order chi connectivity index (χ0) is 18.4. The van der Waals surface area contributed by atoms with Crippen molar-refractivity contribution in [2.45, 2.75) is 38.6 Å². The largest absolute Gasteiger partial charge is 0.352 e. The maximum absolute atomic E-state index is 13.7. The molecule has 7 heteroatoms. The number of carbonyl (C=O) groups excluding carboxylic acids is 1. The molecule has 26 heavy (non-hydrogen) atoms. The van der Waals surface area contributed by atoms with Crippen molar-refractivity contribution < 1.29 is 9.18 Å². The molecule has 0 aliphatic carbocycles. The summed E-state index contributed by atoms with van der Waals surface area (Å²) in [5, 5.41) is 8.50. The number of hydrogen-bond donors (Lipinski definition) is 2. The van der Waals surface area contributed by atoms with Crippen molar-refractivity contribution >= 4 is 28.1 Å². The summed E-state index contributed by atoms with van der Waals surface area (Å²) in [5.41, 5.74) is 1.08. The highest BCUT2D eigenvalue weighted by Gasteiger charge is 2.18. The van der Waals surface area contributed by atoms with Gasteiger partial charge in [0.2, 0.25) is 5.91 Å². The molecule has 1 aliphatic heterocycles. The van der Waals surface area contributed by atoms with E-state index in [1.807, 2.05) is 5.38 Å². The summed E-state index contributed by atoms with van der Waals surface area (Å²) in [6.07, 6.45) is 3.66. The van der Waals surface area contributed by atoms with Crippen molar-refractivity contribution in [3.8, 4) is 0 Å². The molecule has 0 bridgehead atoms. The second-order valence-electron chi connectivity index (χ2n) is 6.61. The Bertz CT molecular complexity index is 730. The van der Waals surface area contributed by atoms with E-state index in [0.29, 0.717) is 16.5 Å². The Labute approximate surface area is 157 Å². The van der Waals surface area contributed by atoms with Gasteiger partial charge >= 0.3 is 0 Å². The number of amides is 1. The molecule has 1 amide bonds. The van der Waals surface area contributed by atoms with Crippen LogP contribution in [0.2, 0.25) is 0 Å². The fourth-order valence-electron chi connectivity index (χ4n) is 3.12. The summed E-state index contributed by atoms with van der Waals surface area (Å²) < 4.78 is 13.7. The normalized spacial score (nSPS) is 15.8. The Balaban J connectivity index is 1.51. The summed E-state index contributed by atoms with van der Waals surface area (Å²) in [6.45, 7) is 5.27. The molecule has 1 fully saturated rings. The zero-order valence-corrected chi connectivity index (χ0v) is 15.8. The van der Waals surface area contributed by atoms with Crippen molar-refractivity contribution in [3.63, 3.8) is 0 Å². The first-order valence-electron chi connectivity index (χ1n) is 9.11. The Morgan fingerprint density at radius 3 is 2.85 bits per heavy atom. The third kappa shape index (κ3) is 5.25. The lowest BCUT2D eigenvalue weighted by Crippen LogP contribution is -2.43. The lowest BCUT2D eigenvalue weighted by molar-refractivity contribution is -0.121. The SMILES string of the molecule is CC[C@@H](CN1CCCC1)NC(=O)Cc1csc(Nc2ccccc2F)n1. The van der Waals surface area contributed by atoms with Gasteiger partial charge in [-0.15, -0.1) is 11.3 Å². The summed E-state index contributed by atoms with van der Waals surface area (Å²) in [4.78, 5) is 19.1. The second kappa shape index (κ2) is 9.09. The number of carbonyl (C=O) groups is 1. The lowest BCUT2D eigenvalue weighted by atomic mass is 10.2. The van der Waals surface area contributed by atoms with Crippen LogP contribution in [0, 0.1) is 5.82 Å².